The van der Waals surface area contributed by atoms with Crippen molar-refractivity contribution in [2.24, 2.45) is 5.92 Å². The van der Waals surface area contributed by atoms with E-state index in [0.29, 0.717) is 18.7 Å². The third-order valence-electron chi connectivity index (χ3n) is 3.72. The van der Waals surface area contributed by atoms with Crippen molar-refractivity contribution < 1.29 is 19.4 Å². The van der Waals surface area contributed by atoms with Crippen LogP contribution in [0.5, 0.6) is 5.75 Å². The molecule has 1 unspecified atom stereocenters. The largest absolute Gasteiger partial charge is 0.496 e. The third-order valence-corrected chi connectivity index (χ3v) is 3.72. The van der Waals surface area contributed by atoms with Crippen molar-refractivity contribution in [2.45, 2.75) is 13.3 Å². The van der Waals surface area contributed by atoms with Gasteiger partial charge >= 0.3 is 5.97 Å². The fraction of sp³-hybridized carbons (Fsp3) is 0.375. The Morgan fingerprint density at radius 3 is 2.64 bits per heavy atom. The highest BCUT2D eigenvalue weighted by molar-refractivity contribution is 5.96. The molecule has 0 radical (unpaired) electrons. The average Bonchev–Trinajstić information content (AvgIpc) is 2.97. The minimum atomic E-state index is -0.837. The van der Waals surface area contributed by atoms with Crippen LogP contribution in [-0.4, -0.2) is 42.1 Å². The summed E-state index contributed by atoms with van der Waals surface area (Å²) in [6.07, 6.45) is 2.06. The molecule has 0 spiro atoms. The SMILES string of the molecule is COc1ccccc1/C(C)=C/C(=O)N1CCC(C(=O)O)C1.Cl. The summed E-state index contributed by atoms with van der Waals surface area (Å²) in [6, 6.07) is 7.49. The van der Waals surface area contributed by atoms with Crippen molar-refractivity contribution in [1.82, 2.24) is 4.90 Å². The smallest absolute Gasteiger partial charge is 0.308 e. The van der Waals surface area contributed by atoms with Gasteiger partial charge in [0.15, 0.2) is 0 Å². The van der Waals surface area contributed by atoms with Crippen LogP contribution in [0.4, 0.5) is 0 Å². The zero-order valence-corrected chi connectivity index (χ0v) is 13.4. The predicted molar refractivity (Wildman–Crippen MR) is 86.2 cm³/mol. The number of rotatable bonds is 4. The lowest BCUT2D eigenvalue weighted by Crippen LogP contribution is -2.28. The lowest BCUT2D eigenvalue weighted by molar-refractivity contribution is -0.141. The number of likely N-dealkylation sites (tertiary alicyclic amines) is 1. The van der Waals surface area contributed by atoms with Crippen LogP contribution in [0.2, 0.25) is 0 Å². The summed E-state index contributed by atoms with van der Waals surface area (Å²) in [4.78, 5) is 24.7. The maximum absolute atomic E-state index is 12.2. The Morgan fingerprint density at radius 2 is 2.05 bits per heavy atom. The molecular formula is C16H20ClNO4. The van der Waals surface area contributed by atoms with Crippen molar-refractivity contribution >= 4 is 29.9 Å². The number of hydrogen-bond donors (Lipinski definition) is 1. The summed E-state index contributed by atoms with van der Waals surface area (Å²) >= 11 is 0. The number of carboxylic acid groups (broad SMARTS) is 1. The first-order valence-corrected chi connectivity index (χ1v) is 6.86. The van der Waals surface area contributed by atoms with Gasteiger partial charge in [-0.2, -0.15) is 0 Å². The second-order valence-corrected chi connectivity index (χ2v) is 5.14. The van der Waals surface area contributed by atoms with Gasteiger partial charge in [0.25, 0.3) is 0 Å². The molecule has 1 aliphatic heterocycles. The highest BCUT2D eigenvalue weighted by Crippen LogP contribution is 2.26. The molecule has 120 valence electrons. The lowest BCUT2D eigenvalue weighted by Gasteiger charge is -2.14. The molecular weight excluding hydrogens is 306 g/mol. The number of para-hydroxylation sites is 1. The summed E-state index contributed by atoms with van der Waals surface area (Å²) < 4.78 is 5.28. The van der Waals surface area contributed by atoms with Crippen LogP contribution >= 0.6 is 12.4 Å². The van der Waals surface area contributed by atoms with E-state index in [1.54, 1.807) is 18.1 Å². The molecule has 1 fully saturated rings. The Balaban J connectivity index is 0.00000242. The number of carboxylic acids is 1. The molecule has 1 heterocycles. The van der Waals surface area contributed by atoms with Crippen molar-refractivity contribution in [1.29, 1.82) is 0 Å². The van der Waals surface area contributed by atoms with E-state index in [9.17, 15) is 9.59 Å². The number of allylic oxidation sites excluding steroid dienone is 1. The molecule has 6 heteroatoms. The first-order chi connectivity index (χ1) is 10.0. The molecule has 5 nitrogen and oxygen atoms in total. The monoisotopic (exact) mass is 325 g/mol. The second kappa shape index (κ2) is 7.84. The van der Waals surface area contributed by atoms with Crippen LogP contribution in [0.15, 0.2) is 30.3 Å². The molecule has 22 heavy (non-hydrogen) atoms. The van der Waals surface area contributed by atoms with Crippen LogP contribution < -0.4 is 4.74 Å². The zero-order valence-electron chi connectivity index (χ0n) is 12.6. The van der Waals surface area contributed by atoms with Crippen LogP contribution in [0.3, 0.4) is 0 Å². The highest BCUT2D eigenvalue weighted by atomic mass is 35.5. The molecule has 1 saturated heterocycles. The van der Waals surface area contributed by atoms with E-state index in [4.69, 9.17) is 9.84 Å². The Labute approximate surface area is 136 Å². The number of halogens is 1. The Kier molecular flexibility index (Phi) is 6.43. The number of carbonyl (C=O) groups excluding carboxylic acids is 1. The van der Waals surface area contributed by atoms with Crippen molar-refractivity contribution in [3.63, 3.8) is 0 Å². The van der Waals surface area contributed by atoms with E-state index in [1.165, 1.54) is 0 Å². The number of hydrogen-bond acceptors (Lipinski definition) is 3. The molecule has 0 aliphatic carbocycles. The van der Waals surface area contributed by atoms with Gasteiger partial charge in [-0.1, -0.05) is 18.2 Å². The van der Waals surface area contributed by atoms with Gasteiger partial charge in [-0.3, -0.25) is 9.59 Å². The van der Waals surface area contributed by atoms with E-state index in [-0.39, 0.29) is 24.9 Å². The van der Waals surface area contributed by atoms with E-state index in [1.807, 2.05) is 31.2 Å². The van der Waals surface area contributed by atoms with Crippen LogP contribution in [0.1, 0.15) is 18.9 Å². The number of nitrogens with zero attached hydrogens (tertiary/aromatic N) is 1. The van der Waals surface area contributed by atoms with Gasteiger partial charge in [0.1, 0.15) is 5.75 Å². The quantitative estimate of drug-likeness (QED) is 0.863. The van der Waals surface area contributed by atoms with Crippen LogP contribution in [0, 0.1) is 5.92 Å². The van der Waals surface area contributed by atoms with E-state index < -0.39 is 11.9 Å². The first kappa shape index (κ1) is 18.0. The first-order valence-electron chi connectivity index (χ1n) is 6.86. The van der Waals surface area contributed by atoms with Gasteiger partial charge in [-0.05, 0) is 25.0 Å². The van der Waals surface area contributed by atoms with E-state index in [0.717, 1.165) is 11.1 Å². The topological polar surface area (TPSA) is 66.8 Å². The fourth-order valence-corrected chi connectivity index (χ4v) is 2.49. The van der Waals surface area contributed by atoms with Gasteiger partial charge in [0.2, 0.25) is 5.91 Å². The summed E-state index contributed by atoms with van der Waals surface area (Å²) in [5, 5.41) is 8.97. The van der Waals surface area contributed by atoms with Gasteiger partial charge in [0.05, 0.1) is 13.0 Å². The van der Waals surface area contributed by atoms with Gasteiger partial charge in [-0.25, -0.2) is 0 Å². The molecule has 2 rings (SSSR count). The minimum absolute atomic E-state index is 0. The molecule has 1 atom stereocenters. The molecule has 1 aromatic rings. The second-order valence-electron chi connectivity index (χ2n) is 5.14. The van der Waals surface area contributed by atoms with Crippen molar-refractivity contribution in [3.05, 3.63) is 35.9 Å². The Bertz CT molecular complexity index is 585. The van der Waals surface area contributed by atoms with Gasteiger partial charge in [0, 0.05) is 24.7 Å². The van der Waals surface area contributed by atoms with Crippen molar-refractivity contribution in [2.75, 3.05) is 20.2 Å². The number of aliphatic carboxylic acids is 1. The lowest BCUT2D eigenvalue weighted by atomic mass is 10.1. The Morgan fingerprint density at radius 1 is 1.36 bits per heavy atom. The van der Waals surface area contributed by atoms with Crippen molar-refractivity contribution in [3.8, 4) is 5.75 Å². The summed E-state index contributed by atoms with van der Waals surface area (Å²) in [6.45, 7) is 2.62. The number of ether oxygens (including phenoxy) is 1. The molecule has 0 saturated carbocycles. The van der Waals surface area contributed by atoms with Gasteiger partial charge < -0.3 is 14.7 Å². The molecule has 0 aromatic heterocycles. The standard InChI is InChI=1S/C16H19NO4.ClH/c1-11(13-5-3-4-6-14(13)21-2)9-15(18)17-8-7-12(10-17)16(19)20;/h3-6,9,12H,7-8,10H2,1-2H3,(H,19,20);1H/b11-9+;. The van der Waals surface area contributed by atoms with Crippen LogP contribution in [0.25, 0.3) is 5.57 Å². The minimum Gasteiger partial charge on any atom is -0.496 e. The summed E-state index contributed by atoms with van der Waals surface area (Å²) in [5.74, 6) is -0.726. The summed E-state index contributed by atoms with van der Waals surface area (Å²) in [7, 11) is 1.59. The molecule has 1 N–H and O–H groups in total. The fourth-order valence-electron chi connectivity index (χ4n) is 2.49. The highest BCUT2D eigenvalue weighted by Gasteiger charge is 2.30. The van der Waals surface area contributed by atoms with Gasteiger partial charge in [-0.15, -0.1) is 12.4 Å². The predicted octanol–water partition coefficient (Wildman–Crippen LogP) is 2.45. The number of benzene rings is 1. The third kappa shape index (κ3) is 4.01. The van der Waals surface area contributed by atoms with E-state index in [2.05, 4.69) is 0 Å². The number of carbonyl (C=O) groups is 2. The number of amides is 1. The average molecular weight is 326 g/mol. The molecule has 1 amide bonds. The Hall–Kier alpha value is -2.01. The normalized spacial score (nSPS) is 17.8. The molecule has 0 bridgehead atoms. The molecule has 1 aliphatic rings. The van der Waals surface area contributed by atoms with Crippen LogP contribution in [-0.2, 0) is 9.59 Å². The number of methoxy groups -OCH3 is 1. The molecule has 1 aromatic carbocycles. The van der Waals surface area contributed by atoms with E-state index >= 15 is 0 Å². The maximum Gasteiger partial charge on any atom is 0.308 e. The maximum atomic E-state index is 12.2. The zero-order chi connectivity index (χ0) is 15.4. The summed E-state index contributed by atoms with van der Waals surface area (Å²) in [5.41, 5.74) is 1.67.